The van der Waals surface area contributed by atoms with Crippen molar-refractivity contribution in [2.24, 2.45) is 5.92 Å². The van der Waals surface area contributed by atoms with Gasteiger partial charge in [-0.2, -0.15) is 15.0 Å². The van der Waals surface area contributed by atoms with Gasteiger partial charge in [0.15, 0.2) is 0 Å². The summed E-state index contributed by atoms with van der Waals surface area (Å²) in [5, 5.41) is 6.44. The van der Waals surface area contributed by atoms with Gasteiger partial charge in [0.2, 0.25) is 17.2 Å². The van der Waals surface area contributed by atoms with Crippen LogP contribution in [0.1, 0.15) is 19.8 Å². The van der Waals surface area contributed by atoms with E-state index in [4.69, 9.17) is 16.3 Å². The SMILES string of the molecule is CCNc1nc(Cl)nc(NCC2CCOCC2)n1. The second-order valence-electron chi connectivity index (χ2n) is 4.22. The number of hydrogen-bond acceptors (Lipinski definition) is 6. The lowest BCUT2D eigenvalue weighted by molar-refractivity contribution is 0.0699. The predicted octanol–water partition coefficient (Wildman–Crippen LogP) is 1.80. The lowest BCUT2D eigenvalue weighted by atomic mass is 10.0. The number of aromatic nitrogens is 3. The zero-order chi connectivity index (χ0) is 12.8. The number of rotatable bonds is 5. The topological polar surface area (TPSA) is 72.0 Å². The maximum Gasteiger partial charge on any atom is 0.228 e. The number of hydrogen-bond donors (Lipinski definition) is 2. The Hall–Kier alpha value is -1.14. The van der Waals surface area contributed by atoms with E-state index in [1.165, 1.54) is 0 Å². The van der Waals surface area contributed by atoms with Gasteiger partial charge in [-0.15, -0.1) is 0 Å². The van der Waals surface area contributed by atoms with E-state index in [9.17, 15) is 0 Å². The van der Waals surface area contributed by atoms with Gasteiger partial charge >= 0.3 is 0 Å². The third-order valence-corrected chi connectivity index (χ3v) is 3.00. The molecule has 1 aliphatic heterocycles. The molecule has 6 nitrogen and oxygen atoms in total. The molecule has 1 fully saturated rings. The summed E-state index contributed by atoms with van der Waals surface area (Å²) in [7, 11) is 0. The molecule has 0 bridgehead atoms. The van der Waals surface area contributed by atoms with Crippen LogP contribution in [0.4, 0.5) is 11.9 Å². The summed E-state index contributed by atoms with van der Waals surface area (Å²) in [6.07, 6.45) is 2.15. The first-order chi connectivity index (χ1) is 8.78. The van der Waals surface area contributed by atoms with Gasteiger partial charge in [-0.1, -0.05) is 0 Å². The summed E-state index contributed by atoms with van der Waals surface area (Å²) in [5.41, 5.74) is 0. The van der Waals surface area contributed by atoms with E-state index in [-0.39, 0.29) is 5.28 Å². The molecule has 1 saturated heterocycles. The van der Waals surface area contributed by atoms with Crippen LogP contribution in [0.25, 0.3) is 0 Å². The molecule has 0 aliphatic carbocycles. The highest BCUT2D eigenvalue weighted by molar-refractivity contribution is 6.28. The molecule has 7 heteroatoms. The minimum atomic E-state index is 0.204. The molecule has 18 heavy (non-hydrogen) atoms. The van der Waals surface area contributed by atoms with Crippen molar-refractivity contribution in [3.8, 4) is 0 Å². The van der Waals surface area contributed by atoms with E-state index in [2.05, 4.69) is 25.6 Å². The Kier molecular flexibility index (Phi) is 4.95. The van der Waals surface area contributed by atoms with Crippen molar-refractivity contribution in [3.05, 3.63) is 5.28 Å². The second kappa shape index (κ2) is 6.70. The highest BCUT2D eigenvalue weighted by Crippen LogP contribution is 2.16. The molecule has 0 atom stereocenters. The zero-order valence-electron chi connectivity index (χ0n) is 10.4. The standard InChI is InChI=1S/C11H18ClN5O/c1-2-13-10-15-9(12)16-11(17-10)14-7-8-3-5-18-6-4-8/h8H,2-7H2,1H3,(H2,13,14,15,16,17). The van der Waals surface area contributed by atoms with Gasteiger partial charge in [0.25, 0.3) is 0 Å². The van der Waals surface area contributed by atoms with E-state index in [1.807, 2.05) is 6.92 Å². The minimum absolute atomic E-state index is 0.204. The van der Waals surface area contributed by atoms with Crippen molar-refractivity contribution in [2.75, 3.05) is 36.9 Å². The average molecular weight is 272 g/mol. The van der Waals surface area contributed by atoms with Gasteiger partial charge in [-0.3, -0.25) is 0 Å². The second-order valence-corrected chi connectivity index (χ2v) is 4.56. The molecule has 0 saturated carbocycles. The van der Waals surface area contributed by atoms with Crippen LogP contribution < -0.4 is 10.6 Å². The van der Waals surface area contributed by atoms with Crippen molar-refractivity contribution in [1.29, 1.82) is 0 Å². The summed E-state index contributed by atoms with van der Waals surface area (Å²) in [6, 6.07) is 0. The van der Waals surface area contributed by atoms with Crippen LogP contribution in [0.5, 0.6) is 0 Å². The Morgan fingerprint density at radius 2 is 1.83 bits per heavy atom. The molecule has 0 aromatic carbocycles. The van der Waals surface area contributed by atoms with Crippen molar-refractivity contribution in [2.45, 2.75) is 19.8 Å². The summed E-state index contributed by atoms with van der Waals surface area (Å²) in [5.74, 6) is 1.64. The first kappa shape index (κ1) is 13.3. The first-order valence-corrected chi connectivity index (χ1v) is 6.62. The molecule has 100 valence electrons. The van der Waals surface area contributed by atoms with E-state index in [0.29, 0.717) is 17.8 Å². The van der Waals surface area contributed by atoms with Crippen molar-refractivity contribution in [3.63, 3.8) is 0 Å². The van der Waals surface area contributed by atoms with Crippen LogP contribution in [-0.4, -0.2) is 41.3 Å². The molecular formula is C11H18ClN5O. The van der Waals surface area contributed by atoms with Gasteiger partial charge in [0.1, 0.15) is 0 Å². The molecule has 0 unspecified atom stereocenters. The fourth-order valence-corrected chi connectivity index (χ4v) is 2.01. The molecule has 0 spiro atoms. The van der Waals surface area contributed by atoms with Crippen LogP contribution in [0, 0.1) is 5.92 Å². The van der Waals surface area contributed by atoms with Gasteiger partial charge in [0, 0.05) is 26.3 Å². The Bertz CT molecular complexity index is 384. The van der Waals surface area contributed by atoms with Gasteiger partial charge in [0.05, 0.1) is 0 Å². The lowest BCUT2D eigenvalue weighted by Crippen LogP contribution is -2.23. The fraction of sp³-hybridized carbons (Fsp3) is 0.727. The fourth-order valence-electron chi connectivity index (χ4n) is 1.85. The van der Waals surface area contributed by atoms with Crippen LogP contribution >= 0.6 is 11.6 Å². The normalized spacial score (nSPS) is 16.6. The Morgan fingerprint density at radius 1 is 1.17 bits per heavy atom. The molecular weight excluding hydrogens is 254 g/mol. The Morgan fingerprint density at radius 3 is 2.50 bits per heavy atom. The van der Waals surface area contributed by atoms with Crippen LogP contribution in [0.2, 0.25) is 5.28 Å². The first-order valence-electron chi connectivity index (χ1n) is 6.25. The number of nitrogens with one attached hydrogen (secondary N) is 2. The number of halogens is 1. The van der Waals surface area contributed by atoms with E-state index in [0.717, 1.165) is 39.1 Å². The van der Waals surface area contributed by atoms with Gasteiger partial charge < -0.3 is 15.4 Å². The Balaban J connectivity index is 1.91. The lowest BCUT2D eigenvalue weighted by Gasteiger charge is -2.22. The molecule has 2 rings (SSSR count). The monoisotopic (exact) mass is 271 g/mol. The third kappa shape index (κ3) is 3.96. The molecule has 2 heterocycles. The summed E-state index contributed by atoms with van der Waals surface area (Å²) in [6.45, 7) is 5.25. The average Bonchev–Trinajstić information content (AvgIpc) is 2.37. The largest absolute Gasteiger partial charge is 0.381 e. The summed E-state index contributed by atoms with van der Waals surface area (Å²) in [4.78, 5) is 12.3. The quantitative estimate of drug-likeness (QED) is 0.851. The molecule has 0 radical (unpaired) electrons. The van der Waals surface area contributed by atoms with E-state index in [1.54, 1.807) is 0 Å². The molecule has 0 amide bonds. The maximum atomic E-state index is 5.85. The number of ether oxygens (including phenoxy) is 1. The summed E-state index contributed by atoms with van der Waals surface area (Å²) >= 11 is 5.85. The highest BCUT2D eigenvalue weighted by Gasteiger charge is 2.14. The smallest absolute Gasteiger partial charge is 0.228 e. The number of anilines is 2. The number of nitrogens with zero attached hydrogens (tertiary/aromatic N) is 3. The van der Waals surface area contributed by atoms with Crippen LogP contribution in [-0.2, 0) is 4.74 Å². The Labute approximate surface area is 112 Å². The third-order valence-electron chi connectivity index (χ3n) is 2.83. The van der Waals surface area contributed by atoms with Gasteiger partial charge in [-0.05, 0) is 37.3 Å². The van der Waals surface area contributed by atoms with E-state index < -0.39 is 0 Å². The van der Waals surface area contributed by atoms with Crippen LogP contribution in [0.15, 0.2) is 0 Å². The zero-order valence-corrected chi connectivity index (χ0v) is 11.2. The van der Waals surface area contributed by atoms with Gasteiger partial charge in [-0.25, -0.2) is 0 Å². The highest BCUT2D eigenvalue weighted by atomic mass is 35.5. The maximum absolute atomic E-state index is 5.85. The molecule has 1 aromatic rings. The van der Waals surface area contributed by atoms with Crippen LogP contribution in [0.3, 0.4) is 0 Å². The van der Waals surface area contributed by atoms with Crippen molar-refractivity contribution >= 4 is 23.5 Å². The van der Waals surface area contributed by atoms with Crippen molar-refractivity contribution < 1.29 is 4.74 Å². The van der Waals surface area contributed by atoms with Crippen molar-refractivity contribution in [1.82, 2.24) is 15.0 Å². The molecule has 2 N–H and O–H groups in total. The molecule has 1 aromatic heterocycles. The summed E-state index contributed by atoms with van der Waals surface area (Å²) < 4.78 is 5.32. The predicted molar refractivity (Wildman–Crippen MR) is 71.0 cm³/mol. The van der Waals surface area contributed by atoms with E-state index >= 15 is 0 Å². The minimum Gasteiger partial charge on any atom is -0.381 e. The molecule has 1 aliphatic rings.